The summed E-state index contributed by atoms with van der Waals surface area (Å²) in [7, 11) is 0. The van der Waals surface area contributed by atoms with Crippen LogP contribution in [0, 0.1) is 6.92 Å². The number of anilines is 2. The van der Waals surface area contributed by atoms with Gasteiger partial charge < -0.3 is 20.1 Å². The Kier molecular flexibility index (Phi) is 5.17. The molecule has 1 fully saturated rings. The number of ether oxygens (including phenoxy) is 2. The number of amides is 1. The molecule has 1 aliphatic rings. The molecule has 0 radical (unpaired) electrons. The lowest BCUT2D eigenvalue weighted by Gasteiger charge is -2.29. The van der Waals surface area contributed by atoms with Gasteiger partial charge in [0, 0.05) is 37.0 Å². The molecule has 2 aromatic carbocycles. The van der Waals surface area contributed by atoms with E-state index in [1.165, 1.54) is 20.0 Å². The van der Waals surface area contributed by atoms with Gasteiger partial charge in [-0.3, -0.25) is 4.79 Å². The number of cyclic esters (lactones) is 2. The van der Waals surface area contributed by atoms with E-state index < -0.39 is 17.7 Å². The predicted molar refractivity (Wildman–Crippen MR) is 104 cm³/mol. The Morgan fingerprint density at radius 2 is 1.57 bits per heavy atom. The number of hydrogen-bond acceptors (Lipinski definition) is 6. The van der Waals surface area contributed by atoms with Gasteiger partial charge in [-0.25, -0.2) is 9.59 Å². The number of rotatable bonds is 4. The molecule has 3 rings (SSSR count). The maximum atomic E-state index is 12.4. The third-order valence-electron chi connectivity index (χ3n) is 4.04. The maximum Gasteiger partial charge on any atom is 0.350 e. The van der Waals surface area contributed by atoms with Crippen LogP contribution in [0.4, 0.5) is 11.4 Å². The highest BCUT2D eigenvalue weighted by atomic mass is 16.7. The largest absolute Gasteiger partial charge is 0.419 e. The molecule has 28 heavy (non-hydrogen) atoms. The van der Waals surface area contributed by atoms with Crippen molar-refractivity contribution >= 4 is 29.2 Å². The molecule has 7 nitrogen and oxygen atoms in total. The van der Waals surface area contributed by atoms with Crippen LogP contribution in [0.2, 0.25) is 0 Å². The van der Waals surface area contributed by atoms with Crippen LogP contribution in [0.1, 0.15) is 29.8 Å². The highest BCUT2D eigenvalue weighted by molar-refractivity contribution is 6.15. The van der Waals surface area contributed by atoms with Crippen LogP contribution in [0.5, 0.6) is 0 Å². The summed E-state index contributed by atoms with van der Waals surface area (Å²) in [6.45, 7) is 4.87. The van der Waals surface area contributed by atoms with E-state index in [2.05, 4.69) is 10.6 Å². The smallest absolute Gasteiger partial charge is 0.350 e. The average molecular weight is 380 g/mol. The third kappa shape index (κ3) is 4.37. The second kappa shape index (κ2) is 7.56. The molecule has 2 N–H and O–H groups in total. The standard InChI is InChI=1S/C21H20N2O5/c1-13-6-4-5-7-17(13)23-18(24)14-8-10-15(11-9-14)22-12-16-19(25)27-21(2,3)28-20(16)26/h4-12,22H,1-3H3,(H,23,24). The summed E-state index contributed by atoms with van der Waals surface area (Å²) in [5.41, 5.74) is 2.54. The minimum absolute atomic E-state index is 0.235. The minimum Gasteiger partial charge on any atom is -0.419 e. The lowest BCUT2D eigenvalue weighted by molar-refractivity contribution is -0.222. The summed E-state index contributed by atoms with van der Waals surface area (Å²) in [6.07, 6.45) is 1.22. The zero-order valence-electron chi connectivity index (χ0n) is 15.7. The molecule has 0 unspecified atom stereocenters. The molecule has 0 bridgehead atoms. The normalized spacial score (nSPS) is 15.3. The topological polar surface area (TPSA) is 93.7 Å². The van der Waals surface area contributed by atoms with E-state index in [1.807, 2.05) is 31.2 Å². The first-order valence-corrected chi connectivity index (χ1v) is 8.65. The number of hydrogen-bond donors (Lipinski definition) is 2. The summed E-state index contributed by atoms with van der Waals surface area (Å²) in [4.78, 5) is 36.2. The molecular weight excluding hydrogens is 360 g/mol. The van der Waals surface area contributed by atoms with Crippen molar-refractivity contribution in [3.8, 4) is 0 Å². The molecule has 0 spiro atoms. The molecule has 2 aromatic rings. The highest BCUT2D eigenvalue weighted by Gasteiger charge is 2.38. The summed E-state index contributed by atoms with van der Waals surface area (Å²) in [5.74, 6) is -3.04. The van der Waals surface area contributed by atoms with Gasteiger partial charge in [0.05, 0.1) is 0 Å². The van der Waals surface area contributed by atoms with Gasteiger partial charge in [0.2, 0.25) is 0 Å². The van der Waals surface area contributed by atoms with Gasteiger partial charge in [0.25, 0.3) is 11.7 Å². The fraction of sp³-hybridized carbons (Fsp3) is 0.190. The first kappa shape index (κ1) is 19.2. The van der Waals surface area contributed by atoms with Gasteiger partial charge in [-0.15, -0.1) is 0 Å². The SMILES string of the molecule is Cc1ccccc1NC(=O)c1ccc(NC=C2C(=O)OC(C)(C)OC2=O)cc1. The van der Waals surface area contributed by atoms with E-state index in [4.69, 9.17) is 9.47 Å². The first-order valence-electron chi connectivity index (χ1n) is 8.65. The highest BCUT2D eigenvalue weighted by Crippen LogP contribution is 2.23. The molecule has 1 heterocycles. The average Bonchev–Trinajstić information content (AvgIpc) is 2.62. The monoisotopic (exact) mass is 380 g/mol. The van der Waals surface area contributed by atoms with Crippen molar-refractivity contribution in [2.24, 2.45) is 0 Å². The molecule has 1 saturated heterocycles. The molecule has 144 valence electrons. The fourth-order valence-electron chi connectivity index (χ4n) is 2.56. The van der Waals surface area contributed by atoms with Crippen LogP contribution < -0.4 is 10.6 Å². The van der Waals surface area contributed by atoms with Gasteiger partial charge in [0.1, 0.15) is 0 Å². The Labute approximate surface area is 162 Å². The number of carbonyl (C=O) groups excluding carboxylic acids is 3. The molecule has 1 amide bonds. The Hall–Kier alpha value is -3.61. The summed E-state index contributed by atoms with van der Waals surface area (Å²) < 4.78 is 10.0. The van der Waals surface area contributed by atoms with Gasteiger partial charge in [-0.1, -0.05) is 18.2 Å². The summed E-state index contributed by atoms with van der Waals surface area (Å²) in [5, 5.41) is 5.69. The van der Waals surface area contributed by atoms with Gasteiger partial charge in [-0.05, 0) is 42.8 Å². The van der Waals surface area contributed by atoms with E-state index in [0.29, 0.717) is 11.3 Å². The van der Waals surface area contributed by atoms with Crippen LogP contribution in [0.25, 0.3) is 0 Å². The predicted octanol–water partition coefficient (Wildman–Crippen LogP) is 3.38. The summed E-state index contributed by atoms with van der Waals surface area (Å²) in [6, 6.07) is 14.1. The first-order chi connectivity index (χ1) is 13.2. The van der Waals surface area contributed by atoms with Crippen molar-refractivity contribution in [3.63, 3.8) is 0 Å². The quantitative estimate of drug-likeness (QED) is 0.480. The molecule has 7 heteroatoms. The van der Waals surface area contributed by atoms with E-state index in [-0.39, 0.29) is 11.5 Å². The Balaban J connectivity index is 1.66. The van der Waals surface area contributed by atoms with Crippen molar-refractivity contribution in [1.82, 2.24) is 0 Å². The van der Waals surface area contributed by atoms with Crippen molar-refractivity contribution in [2.75, 3.05) is 10.6 Å². The van der Waals surface area contributed by atoms with E-state index >= 15 is 0 Å². The lowest BCUT2D eigenvalue weighted by atomic mass is 10.1. The number of nitrogens with one attached hydrogen (secondary N) is 2. The Morgan fingerprint density at radius 3 is 2.18 bits per heavy atom. The number of para-hydroxylation sites is 1. The van der Waals surface area contributed by atoms with E-state index in [0.717, 1.165) is 11.3 Å². The van der Waals surface area contributed by atoms with Crippen LogP contribution in [0.15, 0.2) is 60.3 Å². The molecule has 0 aromatic heterocycles. The number of aryl methyl sites for hydroxylation is 1. The molecular formula is C21H20N2O5. The van der Waals surface area contributed by atoms with Gasteiger partial charge in [-0.2, -0.15) is 0 Å². The Bertz CT molecular complexity index is 939. The van der Waals surface area contributed by atoms with Gasteiger partial charge in [0.15, 0.2) is 5.57 Å². The maximum absolute atomic E-state index is 12.4. The van der Waals surface area contributed by atoms with Crippen LogP contribution in [0.3, 0.4) is 0 Å². The molecule has 0 saturated carbocycles. The van der Waals surface area contributed by atoms with Gasteiger partial charge >= 0.3 is 11.9 Å². The summed E-state index contributed by atoms with van der Waals surface area (Å²) >= 11 is 0. The van der Waals surface area contributed by atoms with Crippen molar-refractivity contribution in [3.05, 3.63) is 71.4 Å². The second-order valence-corrected chi connectivity index (χ2v) is 6.73. The van der Waals surface area contributed by atoms with Crippen molar-refractivity contribution in [1.29, 1.82) is 0 Å². The van der Waals surface area contributed by atoms with Crippen LogP contribution in [-0.2, 0) is 19.1 Å². The zero-order valence-corrected chi connectivity index (χ0v) is 15.7. The van der Waals surface area contributed by atoms with Crippen molar-refractivity contribution in [2.45, 2.75) is 26.6 Å². The molecule has 0 aliphatic carbocycles. The van der Waals surface area contributed by atoms with Crippen LogP contribution in [-0.4, -0.2) is 23.6 Å². The third-order valence-corrected chi connectivity index (χ3v) is 4.04. The van der Waals surface area contributed by atoms with Crippen LogP contribution >= 0.6 is 0 Å². The molecule has 1 aliphatic heterocycles. The lowest BCUT2D eigenvalue weighted by Crippen LogP contribution is -2.42. The number of carbonyl (C=O) groups is 3. The fourth-order valence-corrected chi connectivity index (χ4v) is 2.56. The number of esters is 2. The minimum atomic E-state index is -1.28. The zero-order chi connectivity index (χ0) is 20.3. The Morgan fingerprint density at radius 1 is 0.964 bits per heavy atom. The second-order valence-electron chi connectivity index (χ2n) is 6.73. The molecule has 0 atom stereocenters. The van der Waals surface area contributed by atoms with E-state index in [1.54, 1.807) is 24.3 Å². The van der Waals surface area contributed by atoms with Crippen molar-refractivity contribution < 1.29 is 23.9 Å². The van der Waals surface area contributed by atoms with E-state index in [9.17, 15) is 14.4 Å². The number of benzene rings is 2.